The number of benzene rings is 2. The largest absolute Gasteiger partial charge is 0.368 e. The van der Waals surface area contributed by atoms with Gasteiger partial charge in [-0.25, -0.2) is 4.39 Å². The Balaban J connectivity index is 1.54. The van der Waals surface area contributed by atoms with E-state index < -0.39 is 0 Å². The third-order valence-electron chi connectivity index (χ3n) is 5.51. The summed E-state index contributed by atoms with van der Waals surface area (Å²) < 4.78 is 13.1. The van der Waals surface area contributed by atoms with Gasteiger partial charge in [-0.1, -0.05) is 19.1 Å². The van der Waals surface area contributed by atoms with Crippen LogP contribution in [0.2, 0.25) is 0 Å². The lowest BCUT2D eigenvalue weighted by Gasteiger charge is -2.35. The van der Waals surface area contributed by atoms with Crippen LogP contribution in [0.5, 0.6) is 0 Å². The van der Waals surface area contributed by atoms with Gasteiger partial charge >= 0.3 is 0 Å². The van der Waals surface area contributed by atoms with Crippen LogP contribution in [-0.2, 0) is 9.59 Å². The first-order valence-corrected chi connectivity index (χ1v) is 10.1. The molecule has 0 saturated carbocycles. The number of nitrogens with one attached hydrogen (secondary N) is 1. The summed E-state index contributed by atoms with van der Waals surface area (Å²) in [7, 11) is 0. The van der Waals surface area contributed by atoms with E-state index in [1.165, 1.54) is 12.1 Å². The van der Waals surface area contributed by atoms with Crippen molar-refractivity contribution in [3.63, 3.8) is 0 Å². The van der Waals surface area contributed by atoms with Crippen molar-refractivity contribution in [2.75, 3.05) is 36.4 Å². The molecule has 1 atom stereocenters. The zero-order chi connectivity index (χ0) is 20.8. The van der Waals surface area contributed by atoms with Crippen molar-refractivity contribution in [1.29, 1.82) is 0 Å². The SMILES string of the molecule is CCC(CC(=O)Nc1ccc(N2CCN(C(C)=O)CC2)cc1)c1ccc(F)cc1. The van der Waals surface area contributed by atoms with Crippen LogP contribution >= 0.6 is 0 Å². The normalized spacial score (nSPS) is 15.1. The van der Waals surface area contributed by atoms with E-state index in [-0.39, 0.29) is 23.5 Å². The molecule has 3 rings (SSSR count). The highest BCUT2D eigenvalue weighted by molar-refractivity contribution is 5.91. The fourth-order valence-electron chi connectivity index (χ4n) is 3.70. The molecule has 1 unspecified atom stereocenters. The molecule has 1 saturated heterocycles. The molecular formula is C23H28FN3O2. The van der Waals surface area contributed by atoms with Crippen molar-refractivity contribution < 1.29 is 14.0 Å². The second-order valence-corrected chi connectivity index (χ2v) is 7.45. The van der Waals surface area contributed by atoms with Gasteiger partial charge in [0.05, 0.1) is 0 Å². The molecule has 2 aromatic rings. The standard InChI is InChI=1S/C23H28FN3O2/c1-3-18(19-4-6-20(24)7-5-19)16-23(29)25-21-8-10-22(11-9-21)27-14-12-26(13-15-27)17(2)28/h4-11,18H,3,12-16H2,1-2H3,(H,25,29). The monoisotopic (exact) mass is 397 g/mol. The van der Waals surface area contributed by atoms with Crippen LogP contribution in [0.25, 0.3) is 0 Å². The van der Waals surface area contributed by atoms with Crippen LogP contribution < -0.4 is 10.2 Å². The summed E-state index contributed by atoms with van der Waals surface area (Å²) in [4.78, 5) is 28.0. The first kappa shape index (κ1) is 20.8. The van der Waals surface area contributed by atoms with Crippen LogP contribution in [0.15, 0.2) is 48.5 Å². The summed E-state index contributed by atoms with van der Waals surface area (Å²) in [6, 6.07) is 14.2. The average molecular weight is 397 g/mol. The number of nitrogens with zero attached hydrogens (tertiary/aromatic N) is 2. The second-order valence-electron chi connectivity index (χ2n) is 7.45. The van der Waals surface area contributed by atoms with Gasteiger partial charge in [0.2, 0.25) is 11.8 Å². The zero-order valence-electron chi connectivity index (χ0n) is 17.0. The van der Waals surface area contributed by atoms with Crippen LogP contribution in [0, 0.1) is 5.82 Å². The Morgan fingerprint density at radius 2 is 1.62 bits per heavy atom. The topological polar surface area (TPSA) is 52.7 Å². The number of rotatable bonds is 6. The van der Waals surface area contributed by atoms with E-state index in [1.807, 2.05) is 36.1 Å². The van der Waals surface area contributed by atoms with Crippen molar-refractivity contribution in [2.24, 2.45) is 0 Å². The van der Waals surface area contributed by atoms with Crippen LogP contribution in [0.4, 0.5) is 15.8 Å². The quantitative estimate of drug-likeness (QED) is 0.801. The molecule has 0 spiro atoms. The van der Waals surface area contributed by atoms with E-state index >= 15 is 0 Å². The first-order chi connectivity index (χ1) is 14.0. The van der Waals surface area contributed by atoms with Crippen LogP contribution in [0.3, 0.4) is 0 Å². The van der Waals surface area contributed by atoms with E-state index in [0.717, 1.165) is 49.5 Å². The number of anilines is 2. The average Bonchev–Trinajstić information content (AvgIpc) is 2.73. The first-order valence-electron chi connectivity index (χ1n) is 10.1. The molecule has 0 aromatic heterocycles. The minimum absolute atomic E-state index is 0.0519. The number of amides is 2. The fourth-order valence-corrected chi connectivity index (χ4v) is 3.70. The minimum Gasteiger partial charge on any atom is -0.368 e. The molecule has 1 fully saturated rings. The van der Waals surface area contributed by atoms with Gasteiger partial charge in [0, 0.05) is 50.9 Å². The van der Waals surface area contributed by atoms with Gasteiger partial charge in [-0.05, 0) is 54.3 Å². The maximum atomic E-state index is 13.1. The maximum absolute atomic E-state index is 13.1. The summed E-state index contributed by atoms with van der Waals surface area (Å²) in [6.45, 7) is 6.71. The van der Waals surface area contributed by atoms with Crippen LogP contribution in [-0.4, -0.2) is 42.9 Å². The van der Waals surface area contributed by atoms with Gasteiger partial charge in [-0.15, -0.1) is 0 Å². The Labute approximate surface area is 171 Å². The van der Waals surface area contributed by atoms with Gasteiger partial charge in [-0.2, -0.15) is 0 Å². The molecule has 154 valence electrons. The van der Waals surface area contributed by atoms with Gasteiger partial charge in [0.15, 0.2) is 0 Å². The molecule has 1 heterocycles. The van der Waals surface area contributed by atoms with Crippen molar-refractivity contribution in [2.45, 2.75) is 32.6 Å². The third kappa shape index (κ3) is 5.56. The number of hydrogen-bond donors (Lipinski definition) is 1. The highest BCUT2D eigenvalue weighted by Gasteiger charge is 2.19. The summed E-state index contributed by atoms with van der Waals surface area (Å²) >= 11 is 0. The lowest BCUT2D eigenvalue weighted by atomic mass is 9.93. The lowest BCUT2D eigenvalue weighted by Crippen LogP contribution is -2.48. The maximum Gasteiger partial charge on any atom is 0.224 e. The molecular weight excluding hydrogens is 369 g/mol. The molecule has 6 heteroatoms. The van der Waals surface area contributed by atoms with E-state index in [9.17, 15) is 14.0 Å². The van der Waals surface area contributed by atoms with Gasteiger partial charge < -0.3 is 15.1 Å². The van der Waals surface area contributed by atoms with E-state index in [1.54, 1.807) is 19.1 Å². The summed E-state index contributed by atoms with van der Waals surface area (Å²) in [5, 5.41) is 2.96. The molecule has 0 bridgehead atoms. The Hall–Kier alpha value is -2.89. The molecule has 5 nitrogen and oxygen atoms in total. The van der Waals surface area contributed by atoms with Gasteiger partial charge in [0.25, 0.3) is 0 Å². The molecule has 0 aliphatic carbocycles. The zero-order valence-corrected chi connectivity index (χ0v) is 17.0. The smallest absolute Gasteiger partial charge is 0.224 e. The molecule has 1 aliphatic rings. The number of halogens is 1. The predicted molar refractivity (Wildman–Crippen MR) is 114 cm³/mol. The molecule has 0 radical (unpaired) electrons. The van der Waals surface area contributed by atoms with E-state index in [0.29, 0.717) is 6.42 Å². The predicted octanol–water partition coefficient (Wildman–Crippen LogP) is 4.02. The number of hydrogen-bond acceptors (Lipinski definition) is 3. The lowest BCUT2D eigenvalue weighted by molar-refractivity contribution is -0.129. The summed E-state index contributed by atoms with van der Waals surface area (Å²) in [5.74, 6) is -0.138. The van der Waals surface area contributed by atoms with E-state index in [2.05, 4.69) is 10.2 Å². The number of carbonyl (C=O) groups excluding carboxylic acids is 2. The van der Waals surface area contributed by atoms with Gasteiger partial charge in [0.1, 0.15) is 5.82 Å². The molecule has 2 aromatic carbocycles. The van der Waals surface area contributed by atoms with Crippen LogP contribution in [0.1, 0.15) is 38.2 Å². The highest BCUT2D eigenvalue weighted by Crippen LogP contribution is 2.25. The van der Waals surface area contributed by atoms with Crippen molar-refractivity contribution in [3.05, 3.63) is 59.9 Å². The Morgan fingerprint density at radius 3 is 2.17 bits per heavy atom. The van der Waals surface area contributed by atoms with E-state index in [4.69, 9.17) is 0 Å². The minimum atomic E-state index is -0.268. The number of piperazine rings is 1. The third-order valence-corrected chi connectivity index (χ3v) is 5.51. The number of carbonyl (C=O) groups is 2. The van der Waals surface area contributed by atoms with Crippen molar-refractivity contribution in [1.82, 2.24) is 4.90 Å². The summed E-state index contributed by atoms with van der Waals surface area (Å²) in [6.07, 6.45) is 1.17. The Kier molecular flexibility index (Phi) is 6.86. The van der Waals surface area contributed by atoms with Crippen molar-refractivity contribution >= 4 is 23.2 Å². The molecule has 1 N–H and O–H groups in total. The van der Waals surface area contributed by atoms with Gasteiger partial charge in [-0.3, -0.25) is 9.59 Å². The molecule has 2 amide bonds. The fraction of sp³-hybridized carbons (Fsp3) is 0.391. The Bertz CT molecular complexity index is 828. The van der Waals surface area contributed by atoms with Crippen molar-refractivity contribution in [3.8, 4) is 0 Å². The molecule has 29 heavy (non-hydrogen) atoms. The summed E-state index contributed by atoms with van der Waals surface area (Å²) in [5.41, 5.74) is 2.82. The second kappa shape index (κ2) is 9.54. The highest BCUT2D eigenvalue weighted by atomic mass is 19.1. The Morgan fingerprint density at radius 1 is 1.00 bits per heavy atom. The molecule has 1 aliphatic heterocycles.